The summed E-state index contributed by atoms with van der Waals surface area (Å²) in [6.07, 6.45) is 2.63. The second-order valence-electron chi connectivity index (χ2n) is 3.57. The van der Waals surface area contributed by atoms with Gasteiger partial charge >= 0.3 is 0 Å². The standard InChI is InChI=1S/C9H14N6O/c1-3-7(10)8-4-15(14-12-8)5-9-13-11-6(2)16-9/h4,7H,3,5,10H2,1-2H3. The molecule has 2 aromatic heterocycles. The third kappa shape index (κ3) is 2.25. The van der Waals surface area contributed by atoms with Crippen LogP contribution in [0.1, 0.15) is 36.9 Å². The zero-order valence-corrected chi connectivity index (χ0v) is 9.29. The highest BCUT2D eigenvalue weighted by Crippen LogP contribution is 2.09. The zero-order chi connectivity index (χ0) is 11.5. The third-order valence-electron chi connectivity index (χ3n) is 2.24. The fraction of sp³-hybridized carbons (Fsp3) is 0.556. The van der Waals surface area contributed by atoms with Crippen LogP contribution >= 0.6 is 0 Å². The summed E-state index contributed by atoms with van der Waals surface area (Å²) in [5, 5.41) is 15.6. The van der Waals surface area contributed by atoms with Crippen molar-refractivity contribution in [2.75, 3.05) is 0 Å². The molecule has 1 atom stereocenters. The molecule has 2 aromatic rings. The Morgan fingerprint density at radius 3 is 2.88 bits per heavy atom. The van der Waals surface area contributed by atoms with Gasteiger partial charge in [0.25, 0.3) is 0 Å². The van der Waals surface area contributed by atoms with Crippen LogP contribution in [-0.2, 0) is 6.54 Å². The van der Waals surface area contributed by atoms with Crippen LogP contribution in [0, 0.1) is 6.92 Å². The highest BCUT2D eigenvalue weighted by atomic mass is 16.4. The Morgan fingerprint density at radius 1 is 1.44 bits per heavy atom. The molecule has 0 fully saturated rings. The molecule has 7 nitrogen and oxygen atoms in total. The van der Waals surface area contributed by atoms with Crippen molar-refractivity contribution >= 4 is 0 Å². The molecule has 0 aliphatic heterocycles. The smallest absolute Gasteiger partial charge is 0.237 e. The van der Waals surface area contributed by atoms with E-state index in [0.29, 0.717) is 18.3 Å². The van der Waals surface area contributed by atoms with E-state index in [9.17, 15) is 0 Å². The van der Waals surface area contributed by atoms with Crippen molar-refractivity contribution in [3.63, 3.8) is 0 Å². The lowest BCUT2D eigenvalue weighted by atomic mass is 10.2. The highest BCUT2D eigenvalue weighted by Gasteiger charge is 2.10. The molecule has 0 aliphatic carbocycles. The molecular weight excluding hydrogens is 208 g/mol. The first-order valence-corrected chi connectivity index (χ1v) is 5.13. The molecule has 0 aliphatic rings. The maximum absolute atomic E-state index is 5.84. The summed E-state index contributed by atoms with van der Waals surface area (Å²) < 4.78 is 6.88. The molecule has 16 heavy (non-hydrogen) atoms. The summed E-state index contributed by atoms with van der Waals surface area (Å²) in [7, 11) is 0. The molecular formula is C9H14N6O. The van der Waals surface area contributed by atoms with Crippen LogP contribution in [0.4, 0.5) is 0 Å². The Bertz CT molecular complexity index is 462. The molecule has 1 unspecified atom stereocenters. The summed E-state index contributed by atoms with van der Waals surface area (Å²) in [4.78, 5) is 0. The minimum atomic E-state index is -0.0711. The zero-order valence-electron chi connectivity index (χ0n) is 9.29. The van der Waals surface area contributed by atoms with Crippen molar-refractivity contribution in [1.82, 2.24) is 25.2 Å². The molecule has 0 bridgehead atoms. The molecule has 2 rings (SSSR count). The van der Waals surface area contributed by atoms with E-state index < -0.39 is 0 Å². The van der Waals surface area contributed by atoms with E-state index in [4.69, 9.17) is 10.2 Å². The summed E-state index contributed by atoms with van der Waals surface area (Å²) >= 11 is 0. The van der Waals surface area contributed by atoms with Gasteiger partial charge in [0.15, 0.2) is 0 Å². The summed E-state index contributed by atoms with van der Waals surface area (Å²) in [6, 6.07) is -0.0711. The SMILES string of the molecule is CCC(N)c1cn(Cc2nnc(C)o2)nn1. The third-order valence-corrected chi connectivity index (χ3v) is 2.24. The Labute approximate surface area is 92.7 Å². The molecule has 0 saturated carbocycles. The summed E-state index contributed by atoms with van der Waals surface area (Å²) in [5.41, 5.74) is 6.61. The number of aryl methyl sites for hydroxylation is 1. The van der Waals surface area contributed by atoms with Crippen molar-refractivity contribution < 1.29 is 4.42 Å². The van der Waals surface area contributed by atoms with Crippen LogP contribution in [0.3, 0.4) is 0 Å². The van der Waals surface area contributed by atoms with Gasteiger partial charge in [0.05, 0.1) is 17.9 Å². The van der Waals surface area contributed by atoms with E-state index in [2.05, 4.69) is 20.5 Å². The number of nitrogens with zero attached hydrogens (tertiary/aromatic N) is 5. The van der Waals surface area contributed by atoms with Gasteiger partial charge in [0.2, 0.25) is 11.8 Å². The average molecular weight is 222 g/mol. The largest absolute Gasteiger partial charge is 0.424 e. The fourth-order valence-electron chi connectivity index (χ4n) is 1.31. The van der Waals surface area contributed by atoms with E-state index in [1.165, 1.54) is 0 Å². The molecule has 0 aromatic carbocycles. The maximum atomic E-state index is 5.84. The van der Waals surface area contributed by atoms with Gasteiger partial charge in [0, 0.05) is 6.92 Å². The topological polar surface area (TPSA) is 95.7 Å². The lowest BCUT2D eigenvalue weighted by Gasteiger charge is -2.01. The van der Waals surface area contributed by atoms with Gasteiger partial charge in [-0.2, -0.15) is 0 Å². The first-order valence-electron chi connectivity index (χ1n) is 5.13. The quantitative estimate of drug-likeness (QED) is 0.805. The van der Waals surface area contributed by atoms with E-state index in [0.717, 1.165) is 12.1 Å². The van der Waals surface area contributed by atoms with Crippen LogP contribution in [0.2, 0.25) is 0 Å². The van der Waals surface area contributed by atoms with Gasteiger partial charge in [-0.25, -0.2) is 4.68 Å². The molecule has 2 N–H and O–H groups in total. The molecule has 0 amide bonds. The molecule has 0 saturated heterocycles. The van der Waals surface area contributed by atoms with Crippen LogP contribution in [0.5, 0.6) is 0 Å². The molecule has 0 spiro atoms. The van der Waals surface area contributed by atoms with E-state index >= 15 is 0 Å². The van der Waals surface area contributed by atoms with E-state index in [1.807, 2.05) is 6.92 Å². The van der Waals surface area contributed by atoms with Crippen LogP contribution in [0.15, 0.2) is 10.6 Å². The Balaban J connectivity index is 2.08. The number of rotatable bonds is 4. The predicted octanol–water partition coefficient (Wildman–Crippen LogP) is 0.428. The van der Waals surface area contributed by atoms with Crippen molar-refractivity contribution in [1.29, 1.82) is 0 Å². The van der Waals surface area contributed by atoms with Crippen LogP contribution in [-0.4, -0.2) is 25.2 Å². The van der Waals surface area contributed by atoms with Crippen molar-refractivity contribution in [2.45, 2.75) is 32.9 Å². The van der Waals surface area contributed by atoms with Gasteiger partial charge in [0.1, 0.15) is 6.54 Å². The highest BCUT2D eigenvalue weighted by molar-refractivity contribution is 4.99. The van der Waals surface area contributed by atoms with E-state index in [-0.39, 0.29) is 6.04 Å². The Hall–Kier alpha value is -1.76. The first-order chi connectivity index (χ1) is 7.69. The van der Waals surface area contributed by atoms with Gasteiger partial charge < -0.3 is 10.2 Å². The van der Waals surface area contributed by atoms with Crippen molar-refractivity contribution in [3.05, 3.63) is 23.7 Å². The second-order valence-corrected chi connectivity index (χ2v) is 3.57. The number of aromatic nitrogens is 5. The van der Waals surface area contributed by atoms with Crippen molar-refractivity contribution in [3.8, 4) is 0 Å². The average Bonchev–Trinajstić information content (AvgIpc) is 2.87. The van der Waals surface area contributed by atoms with Crippen LogP contribution in [0.25, 0.3) is 0 Å². The maximum Gasteiger partial charge on any atom is 0.237 e. The Morgan fingerprint density at radius 2 is 2.25 bits per heavy atom. The van der Waals surface area contributed by atoms with Gasteiger partial charge in [-0.15, -0.1) is 15.3 Å². The summed E-state index contributed by atoms with van der Waals surface area (Å²) in [5.74, 6) is 1.06. The monoisotopic (exact) mass is 222 g/mol. The number of hydrogen-bond donors (Lipinski definition) is 1. The van der Waals surface area contributed by atoms with Gasteiger partial charge in [-0.05, 0) is 6.42 Å². The minimum Gasteiger partial charge on any atom is -0.424 e. The van der Waals surface area contributed by atoms with Crippen molar-refractivity contribution in [2.24, 2.45) is 5.73 Å². The van der Waals surface area contributed by atoms with E-state index in [1.54, 1.807) is 17.8 Å². The first kappa shape index (κ1) is 10.7. The predicted molar refractivity (Wildman–Crippen MR) is 55.4 cm³/mol. The normalized spacial score (nSPS) is 12.9. The number of nitrogens with two attached hydrogens (primary N) is 1. The fourth-order valence-corrected chi connectivity index (χ4v) is 1.31. The van der Waals surface area contributed by atoms with Gasteiger partial charge in [-0.3, -0.25) is 0 Å². The lowest BCUT2D eigenvalue weighted by Crippen LogP contribution is -2.08. The molecule has 86 valence electrons. The summed E-state index contributed by atoms with van der Waals surface area (Å²) in [6.45, 7) is 4.17. The Kier molecular flexibility index (Phi) is 2.95. The molecule has 2 heterocycles. The minimum absolute atomic E-state index is 0.0711. The second kappa shape index (κ2) is 4.40. The lowest BCUT2D eigenvalue weighted by molar-refractivity contribution is 0.441. The molecule has 7 heteroatoms. The molecule has 0 radical (unpaired) electrons. The number of hydrogen-bond acceptors (Lipinski definition) is 6. The van der Waals surface area contributed by atoms with Gasteiger partial charge in [-0.1, -0.05) is 12.1 Å². The van der Waals surface area contributed by atoms with Crippen LogP contribution < -0.4 is 5.73 Å².